The van der Waals surface area contributed by atoms with Crippen LogP contribution in [0.15, 0.2) is 0 Å². The van der Waals surface area contributed by atoms with Crippen LogP contribution in [0, 0.1) is 5.92 Å². The van der Waals surface area contributed by atoms with Gasteiger partial charge in [-0.15, -0.1) is 0 Å². The third-order valence-corrected chi connectivity index (χ3v) is 4.19. The molecule has 1 unspecified atom stereocenters. The Labute approximate surface area is 128 Å². The molecule has 5 nitrogen and oxygen atoms in total. The number of hydrogen-bond donors (Lipinski definition) is 1. The van der Waals surface area contributed by atoms with Gasteiger partial charge in [0.05, 0.1) is 12.7 Å². The molecule has 0 bridgehead atoms. The lowest BCUT2D eigenvalue weighted by molar-refractivity contribution is -0.127. The van der Waals surface area contributed by atoms with Crippen LogP contribution in [-0.2, 0) is 14.3 Å². The molecule has 0 aliphatic carbocycles. The fourth-order valence-corrected chi connectivity index (χ4v) is 3.18. The number of likely N-dealkylation sites (tertiary alicyclic amines) is 1. The van der Waals surface area contributed by atoms with Gasteiger partial charge in [-0.1, -0.05) is 13.8 Å². The minimum absolute atomic E-state index is 0.00982. The number of amides is 1. The van der Waals surface area contributed by atoms with E-state index in [2.05, 4.69) is 24.1 Å². The van der Waals surface area contributed by atoms with E-state index in [1.54, 1.807) is 0 Å². The smallest absolute Gasteiger partial charge is 0.246 e. The maximum atomic E-state index is 11.8. The molecule has 2 atom stereocenters. The van der Waals surface area contributed by atoms with Crippen LogP contribution in [0.3, 0.4) is 0 Å². The summed E-state index contributed by atoms with van der Waals surface area (Å²) in [7, 11) is 0. The van der Waals surface area contributed by atoms with Gasteiger partial charge in [0.15, 0.2) is 0 Å². The summed E-state index contributed by atoms with van der Waals surface area (Å²) in [5.74, 6) is 0.667. The van der Waals surface area contributed by atoms with Crippen molar-refractivity contribution in [3.05, 3.63) is 0 Å². The topological polar surface area (TPSA) is 50.8 Å². The number of rotatable bonds is 8. The average molecular weight is 298 g/mol. The van der Waals surface area contributed by atoms with Gasteiger partial charge < -0.3 is 14.8 Å². The largest absolute Gasteiger partial charge is 0.376 e. The molecule has 21 heavy (non-hydrogen) atoms. The Kier molecular flexibility index (Phi) is 6.93. The van der Waals surface area contributed by atoms with Gasteiger partial charge in [-0.25, -0.2) is 0 Å². The van der Waals surface area contributed by atoms with E-state index < -0.39 is 0 Å². The first kappa shape index (κ1) is 16.7. The molecular formula is C16H30N2O3. The first-order chi connectivity index (χ1) is 10.1. The van der Waals surface area contributed by atoms with Crippen LogP contribution in [0.25, 0.3) is 0 Å². The van der Waals surface area contributed by atoms with Gasteiger partial charge in [0.2, 0.25) is 5.91 Å². The van der Waals surface area contributed by atoms with Crippen molar-refractivity contribution >= 4 is 5.91 Å². The molecule has 1 amide bonds. The number of ether oxygens (including phenoxy) is 2. The second kappa shape index (κ2) is 8.71. The molecule has 2 rings (SSSR count). The van der Waals surface area contributed by atoms with Crippen LogP contribution in [0.4, 0.5) is 0 Å². The van der Waals surface area contributed by atoms with Gasteiger partial charge in [0.1, 0.15) is 6.61 Å². The summed E-state index contributed by atoms with van der Waals surface area (Å²) in [5, 5.41) is 3.01. The van der Waals surface area contributed by atoms with Crippen molar-refractivity contribution in [2.45, 2.75) is 51.7 Å². The highest BCUT2D eigenvalue weighted by Gasteiger charge is 2.25. The Morgan fingerprint density at radius 2 is 2.24 bits per heavy atom. The lowest BCUT2D eigenvalue weighted by Gasteiger charge is -2.26. The predicted molar refractivity (Wildman–Crippen MR) is 82.2 cm³/mol. The number of carbonyl (C=O) groups is 1. The maximum Gasteiger partial charge on any atom is 0.246 e. The third kappa shape index (κ3) is 5.93. The van der Waals surface area contributed by atoms with Crippen molar-refractivity contribution in [1.82, 2.24) is 10.2 Å². The van der Waals surface area contributed by atoms with Crippen LogP contribution in [0.5, 0.6) is 0 Å². The molecule has 2 heterocycles. The van der Waals surface area contributed by atoms with E-state index in [1.165, 1.54) is 12.8 Å². The normalized spacial score (nSPS) is 26.6. The highest BCUT2D eigenvalue weighted by atomic mass is 16.5. The van der Waals surface area contributed by atoms with E-state index >= 15 is 0 Å². The van der Waals surface area contributed by atoms with E-state index in [9.17, 15) is 4.79 Å². The Bertz CT molecular complexity index is 317. The zero-order chi connectivity index (χ0) is 15.1. The summed E-state index contributed by atoms with van der Waals surface area (Å²) in [6, 6.07) is 0.495. The second-order valence-corrected chi connectivity index (χ2v) is 6.64. The van der Waals surface area contributed by atoms with Crippen molar-refractivity contribution in [3.63, 3.8) is 0 Å². The lowest BCUT2D eigenvalue weighted by atomic mass is 10.1. The van der Waals surface area contributed by atoms with Crippen LogP contribution in [0.1, 0.15) is 39.5 Å². The molecule has 5 heteroatoms. The quantitative estimate of drug-likeness (QED) is 0.736. The van der Waals surface area contributed by atoms with Crippen molar-refractivity contribution in [3.8, 4) is 0 Å². The Morgan fingerprint density at radius 3 is 2.95 bits per heavy atom. The van der Waals surface area contributed by atoms with Gasteiger partial charge in [0.25, 0.3) is 0 Å². The first-order valence-electron chi connectivity index (χ1n) is 8.35. The van der Waals surface area contributed by atoms with E-state index in [0.717, 1.165) is 39.1 Å². The highest BCUT2D eigenvalue weighted by molar-refractivity contribution is 5.77. The Morgan fingerprint density at radius 1 is 1.38 bits per heavy atom. The summed E-state index contributed by atoms with van der Waals surface area (Å²) in [6.07, 6.45) is 4.77. The molecular weight excluding hydrogens is 268 g/mol. The molecule has 2 aliphatic rings. The Hall–Kier alpha value is -0.650. The van der Waals surface area contributed by atoms with E-state index in [0.29, 0.717) is 18.6 Å². The molecule has 0 aromatic rings. The maximum absolute atomic E-state index is 11.8. The predicted octanol–water partition coefficient (Wildman–Crippen LogP) is 1.42. The summed E-state index contributed by atoms with van der Waals surface area (Å²) >= 11 is 0. The molecule has 2 fully saturated rings. The van der Waals surface area contributed by atoms with E-state index in [4.69, 9.17) is 9.47 Å². The Balaban J connectivity index is 1.57. The van der Waals surface area contributed by atoms with Crippen molar-refractivity contribution in [2.75, 3.05) is 39.5 Å². The monoisotopic (exact) mass is 298 g/mol. The highest BCUT2D eigenvalue weighted by Crippen LogP contribution is 2.17. The van der Waals surface area contributed by atoms with Crippen LogP contribution >= 0.6 is 0 Å². The van der Waals surface area contributed by atoms with Gasteiger partial charge >= 0.3 is 0 Å². The third-order valence-electron chi connectivity index (χ3n) is 4.19. The van der Waals surface area contributed by atoms with Gasteiger partial charge in [-0.05, 0) is 38.1 Å². The summed E-state index contributed by atoms with van der Waals surface area (Å²) in [4.78, 5) is 14.3. The number of nitrogens with one attached hydrogen (secondary N) is 1. The lowest BCUT2D eigenvalue weighted by Crippen LogP contribution is -2.42. The minimum Gasteiger partial charge on any atom is -0.376 e. The fourth-order valence-electron chi connectivity index (χ4n) is 3.18. The molecule has 1 N–H and O–H groups in total. The molecule has 0 aromatic heterocycles. The molecule has 122 valence electrons. The van der Waals surface area contributed by atoms with Crippen molar-refractivity contribution in [1.29, 1.82) is 0 Å². The summed E-state index contributed by atoms with van der Waals surface area (Å²) < 4.78 is 10.9. The van der Waals surface area contributed by atoms with Crippen LogP contribution in [0.2, 0.25) is 0 Å². The van der Waals surface area contributed by atoms with Gasteiger partial charge in [0, 0.05) is 25.7 Å². The van der Waals surface area contributed by atoms with Crippen LogP contribution in [-0.4, -0.2) is 62.4 Å². The zero-order valence-corrected chi connectivity index (χ0v) is 13.5. The van der Waals surface area contributed by atoms with Gasteiger partial charge in [-0.2, -0.15) is 0 Å². The van der Waals surface area contributed by atoms with Crippen molar-refractivity contribution in [2.24, 2.45) is 5.92 Å². The average Bonchev–Trinajstić information content (AvgIpc) is 3.07. The SMILES string of the molecule is CC(C)CN1CCC[C@@H]1CNC(=O)COCC1CCCO1. The van der Waals surface area contributed by atoms with E-state index in [1.807, 2.05) is 0 Å². The molecule has 0 spiro atoms. The molecule has 2 aliphatic heterocycles. The van der Waals surface area contributed by atoms with E-state index in [-0.39, 0.29) is 18.6 Å². The van der Waals surface area contributed by atoms with Gasteiger partial charge in [-0.3, -0.25) is 9.69 Å². The molecule has 0 aromatic carbocycles. The zero-order valence-electron chi connectivity index (χ0n) is 13.5. The second-order valence-electron chi connectivity index (χ2n) is 6.64. The number of hydrogen-bond acceptors (Lipinski definition) is 4. The fraction of sp³-hybridized carbons (Fsp3) is 0.938. The molecule has 0 saturated carbocycles. The van der Waals surface area contributed by atoms with Crippen molar-refractivity contribution < 1.29 is 14.3 Å². The number of nitrogens with zero attached hydrogens (tertiary/aromatic N) is 1. The first-order valence-corrected chi connectivity index (χ1v) is 8.35. The number of carbonyl (C=O) groups excluding carboxylic acids is 1. The minimum atomic E-state index is -0.00982. The molecule has 2 saturated heterocycles. The molecule has 0 radical (unpaired) electrons. The summed E-state index contributed by atoms with van der Waals surface area (Å²) in [6.45, 7) is 9.03. The summed E-state index contributed by atoms with van der Waals surface area (Å²) in [5.41, 5.74) is 0. The van der Waals surface area contributed by atoms with Crippen LogP contribution < -0.4 is 5.32 Å². The standard InChI is InChI=1S/C16H30N2O3/c1-13(2)10-18-7-3-5-14(18)9-17-16(19)12-20-11-15-6-4-8-21-15/h13-15H,3-12H2,1-2H3,(H,17,19)/t14-,15?/m1/s1.